The van der Waals surface area contributed by atoms with Gasteiger partial charge in [-0.2, -0.15) is 4.98 Å². The Balaban J connectivity index is 1.30. The first-order valence-corrected chi connectivity index (χ1v) is 13.3. The van der Waals surface area contributed by atoms with E-state index in [4.69, 9.17) is 33.2 Å². The van der Waals surface area contributed by atoms with Crippen molar-refractivity contribution in [2.45, 2.75) is 26.3 Å². The number of hydrogen-bond donors (Lipinski definition) is 1. The lowest BCUT2D eigenvalue weighted by atomic mass is 10.2. The van der Waals surface area contributed by atoms with Gasteiger partial charge in [-0.25, -0.2) is 4.98 Å². The second kappa shape index (κ2) is 10.2. The number of thiophene rings is 1. The minimum atomic E-state index is 0.230. The van der Waals surface area contributed by atoms with Crippen molar-refractivity contribution in [3.63, 3.8) is 0 Å². The van der Waals surface area contributed by atoms with Gasteiger partial charge in [-0.3, -0.25) is 9.69 Å². The summed E-state index contributed by atoms with van der Waals surface area (Å²) < 4.78 is 1.03. The molecule has 2 aromatic heterocycles. The number of piperazine rings is 1. The van der Waals surface area contributed by atoms with Crippen LogP contribution in [-0.2, 0) is 11.3 Å². The molecule has 2 aliphatic rings. The van der Waals surface area contributed by atoms with Gasteiger partial charge in [0, 0.05) is 42.8 Å². The summed E-state index contributed by atoms with van der Waals surface area (Å²) in [6, 6.07) is 5.52. The van der Waals surface area contributed by atoms with Crippen molar-refractivity contribution in [2.24, 2.45) is 0 Å². The molecular formula is C24H28Cl2N6OS. The van der Waals surface area contributed by atoms with E-state index in [1.165, 1.54) is 12.8 Å². The molecule has 4 heterocycles. The fourth-order valence-corrected chi connectivity index (χ4v) is 5.94. The molecule has 2 saturated heterocycles. The number of carbonyl (C=O) groups excluding carboxylic acids is 1. The van der Waals surface area contributed by atoms with E-state index in [1.54, 1.807) is 17.4 Å². The maximum atomic E-state index is 12.7. The van der Waals surface area contributed by atoms with Gasteiger partial charge in [-0.15, -0.1) is 11.3 Å². The molecule has 3 aromatic rings. The minimum absolute atomic E-state index is 0.230. The molecule has 0 radical (unpaired) electrons. The van der Waals surface area contributed by atoms with Crippen molar-refractivity contribution < 1.29 is 4.79 Å². The first-order valence-electron chi connectivity index (χ1n) is 11.7. The van der Waals surface area contributed by atoms with Crippen molar-refractivity contribution in [3.8, 4) is 0 Å². The Bertz CT molecular complexity index is 1190. The van der Waals surface area contributed by atoms with E-state index >= 15 is 0 Å². The number of fused-ring (bicyclic) bond motifs is 1. The lowest BCUT2D eigenvalue weighted by Crippen LogP contribution is -2.51. The van der Waals surface area contributed by atoms with Crippen molar-refractivity contribution in [1.29, 1.82) is 0 Å². The molecule has 10 heteroatoms. The summed E-state index contributed by atoms with van der Waals surface area (Å²) in [4.78, 5) is 28.9. The zero-order chi connectivity index (χ0) is 23.7. The maximum absolute atomic E-state index is 12.7. The quantitative estimate of drug-likeness (QED) is 0.511. The van der Waals surface area contributed by atoms with Crippen LogP contribution in [0.3, 0.4) is 0 Å². The van der Waals surface area contributed by atoms with Crippen LogP contribution in [-0.4, -0.2) is 71.5 Å². The second-order valence-corrected chi connectivity index (χ2v) is 10.6. The third-order valence-electron chi connectivity index (χ3n) is 6.52. The molecule has 2 aliphatic heterocycles. The summed E-state index contributed by atoms with van der Waals surface area (Å²) in [5, 5.41) is 6.81. The molecule has 180 valence electrons. The molecule has 2 fully saturated rings. The summed E-state index contributed by atoms with van der Waals surface area (Å²) in [6.45, 7) is 8.07. The summed E-state index contributed by atoms with van der Waals surface area (Å²) in [6.07, 6.45) is 2.40. The van der Waals surface area contributed by atoms with Gasteiger partial charge in [0.15, 0.2) is 0 Å². The van der Waals surface area contributed by atoms with Gasteiger partial charge in [-0.05, 0) is 61.5 Å². The second-order valence-electron chi connectivity index (χ2n) is 8.91. The number of halogens is 2. The molecule has 0 bridgehead atoms. The highest BCUT2D eigenvalue weighted by Crippen LogP contribution is 2.32. The third kappa shape index (κ3) is 5.10. The highest BCUT2D eigenvalue weighted by molar-refractivity contribution is 7.18. The number of nitrogens with one attached hydrogen (secondary N) is 1. The molecule has 0 unspecified atom stereocenters. The molecule has 0 saturated carbocycles. The third-order valence-corrected chi connectivity index (χ3v) is 8.20. The van der Waals surface area contributed by atoms with Crippen LogP contribution in [0.4, 0.5) is 11.8 Å². The van der Waals surface area contributed by atoms with Gasteiger partial charge in [0.25, 0.3) is 0 Å². The first-order chi connectivity index (χ1) is 16.5. The first kappa shape index (κ1) is 23.6. The Kier molecular flexibility index (Phi) is 7.11. The zero-order valence-electron chi connectivity index (χ0n) is 19.2. The number of anilines is 2. The van der Waals surface area contributed by atoms with Crippen LogP contribution in [0.1, 0.15) is 24.0 Å². The van der Waals surface area contributed by atoms with E-state index in [0.29, 0.717) is 42.2 Å². The predicted octanol–water partition coefficient (Wildman–Crippen LogP) is 4.66. The van der Waals surface area contributed by atoms with E-state index in [0.717, 1.165) is 53.3 Å². The highest BCUT2D eigenvalue weighted by Gasteiger charge is 2.26. The Morgan fingerprint density at radius 3 is 2.59 bits per heavy atom. The molecule has 5 rings (SSSR count). The van der Waals surface area contributed by atoms with Crippen molar-refractivity contribution in [3.05, 3.63) is 44.8 Å². The topological polar surface area (TPSA) is 64.6 Å². The van der Waals surface area contributed by atoms with E-state index < -0.39 is 0 Å². The predicted molar refractivity (Wildman–Crippen MR) is 140 cm³/mol. The number of benzene rings is 1. The molecule has 1 N–H and O–H groups in total. The molecule has 34 heavy (non-hydrogen) atoms. The number of aromatic nitrogens is 2. The fraction of sp³-hybridized carbons (Fsp3) is 0.458. The molecule has 0 spiro atoms. The SMILES string of the molecule is Cc1csc2c(NCc3ccc(Cl)cc3Cl)nc(N3CCN(C(=O)CN4CCCC4)CC3)nc12. The van der Waals surface area contributed by atoms with Crippen LogP contribution < -0.4 is 10.2 Å². The number of carbonyl (C=O) groups is 1. The van der Waals surface area contributed by atoms with Gasteiger partial charge in [0.1, 0.15) is 5.82 Å². The van der Waals surface area contributed by atoms with Crippen LogP contribution in [0.25, 0.3) is 10.2 Å². The van der Waals surface area contributed by atoms with Gasteiger partial charge in [0.05, 0.1) is 16.8 Å². The normalized spacial score (nSPS) is 17.0. The molecule has 0 atom stereocenters. The molecule has 1 aromatic carbocycles. The molecular weight excluding hydrogens is 491 g/mol. The average Bonchev–Trinajstić information content (AvgIpc) is 3.48. The maximum Gasteiger partial charge on any atom is 0.236 e. The van der Waals surface area contributed by atoms with Gasteiger partial charge in [-0.1, -0.05) is 29.3 Å². The highest BCUT2D eigenvalue weighted by atomic mass is 35.5. The molecule has 1 amide bonds. The fourth-order valence-electron chi connectivity index (χ4n) is 4.51. The van der Waals surface area contributed by atoms with E-state index in [1.807, 2.05) is 17.0 Å². The standard InChI is InChI=1S/C24H28Cl2N6OS/c1-16-15-34-22-21(16)28-24(29-23(22)27-13-17-4-5-18(25)12-19(17)26)32-10-8-31(9-11-32)20(33)14-30-6-2-3-7-30/h4-5,12,15H,2-3,6-11,13-14H2,1H3,(H,27,28,29). The van der Waals surface area contributed by atoms with E-state index in [2.05, 4.69) is 27.4 Å². The monoisotopic (exact) mass is 518 g/mol. The lowest BCUT2D eigenvalue weighted by Gasteiger charge is -2.35. The van der Waals surface area contributed by atoms with Crippen LogP contribution in [0, 0.1) is 6.92 Å². The number of hydrogen-bond acceptors (Lipinski definition) is 7. The Morgan fingerprint density at radius 1 is 1.09 bits per heavy atom. The number of aryl methyl sites for hydroxylation is 1. The Hall–Kier alpha value is -2.13. The van der Waals surface area contributed by atoms with Crippen molar-refractivity contribution in [1.82, 2.24) is 19.8 Å². The van der Waals surface area contributed by atoms with Crippen molar-refractivity contribution >= 4 is 62.4 Å². The average molecular weight is 520 g/mol. The van der Waals surface area contributed by atoms with E-state index in [9.17, 15) is 4.79 Å². The number of amides is 1. The van der Waals surface area contributed by atoms with Crippen LogP contribution in [0.2, 0.25) is 10.0 Å². The van der Waals surface area contributed by atoms with Gasteiger partial charge in [0.2, 0.25) is 11.9 Å². The Morgan fingerprint density at radius 2 is 1.85 bits per heavy atom. The summed E-state index contributed by atoms with van der Waals surface area (Å²) in [7, 11) is 0. The largest absolute Gasteiger partial charge is 0.365 e. The molecule has 7 nitrogen and oxygen atoms in total. The van der Waals surface area contributed by atoms with E-state index in [-0.39, 0.29) is 5.91 Å². The number of nitrogens with zero attached hydrogens (tertiary/aromatic N) is 5. The van der Waals surface area contributed by atoms with Gasteiger partial charge < -0.3 is 15.1 Å². The summed E-state index contributed by atoms with van der Waals surface area (Å²) in [5.74, 6) is 1.73. The Labute approximate surface area is 213 Å². The number of likely N-dealkylation sites (tertiary alicyclic amines) is 1. The summed E-state index contributed by atoms with van der Waals surface area (Å²) >= 11 is 14.0. The lowest BCUT2D eigenvalue weighted by molar-refractivity contribution is -0.132. The molecule has 0 aliphatic carbocycles. The summed E-state index contributed by atoms with van der Waals surface area (Å²) in [5.41, 5.74) is 3.06. The van der Waals surface area contributed by atoms with Crippen LogP contribution in [0.15, 0.2) is 23.6 Å². The van der Waals surface area contributed by atoms with Crippen LogP contribution in [0.5, 0.6) is 0 Å². The number of rotatable bonds is 6. The zero-order valence-corrected chi connectivity index (χ0v) is 21.5. The smallest absolute Gasteiger partial charge is 0.236 e. The van der Waals surface area contributed by atoms with Crippen molar-refractivity contribution in [2.75, 3.05) is 56.0 Å². The van der Waals surface area contributed by atoms with Gasteiger partial charge >= 0.3 is 0 Å². The minimum Gasteiger partial charge on any atom is -0.365 e. The van der Waals surface area contributed by atoms with Crippen LogP contribution >= 0.6 is 34.5 Å².